The number of carbonyl (C=O) groups excluding carboxylic acids is 1. The van der Waals surface area contributed by atoms with E-state index in [1.165, 1.54) is 0 Å². The fourth-order valence-electron chi connectivity index (χ4n) is 5.82. The first-order valence-corrected chi connectivity index (χ1v) is 13.5. The molecule has 0 spiro atoms. The zero-order valence-electron chi connectivity index (χ0n) is 21.6. The van der Waals surface area contributed by atoms with Crippen molar-refractivity contribution < 1.29 is 19.2 Å². The number of fused-ring (bicyclic) bond motifs is 3. The van der Waals surface area contributed by atoms with Crippen LogP contribution in [0, 0.1) is 16.0 Å². The SMILES string of the molecule is COc1ccc(Cl)cc1N1CCN2c3ccc([N+](=O)[O-])cc3C[C@@H](C(=O)NCCCN3CCOCC3)[C@H]2C1. The van der Waals surface area contributed by atoms with Crippen molar-refractivity contribution in [3.05, 3.63) is 57.1 Å². The van der Waals surface area contributed by atoms with Crippen molar-refractivity contribution in [2.24, 2.45) is 5.92 Å². The minimum Gasteiger partial charge on any atom is -0.495 e. The third kappa shape index (κ3) is 5.67. The number of hydrogen-bond donors (Lipinski definition) is 1. The second-order valence-electron chi connectivity index (χ2n) is 10.0. The Morgan fingerprint density at radius 1 is 1.16 bits per heavy atom. The predicted octanol–water partition coefficient (Wildman–Crippen LogP) is 2.96. The number of rotatable bonds is 8. The van der Waals surface area contributed by atoms with E-state index in [9.17, 15) is 14.9 Å². The van der Waals surface area contributed by atoms with Gasteiger partial charge in [0.2, 0.25) is 5.91 Å². The minimum atomic E-state index is -0.379. The molecule has 2 fully saturated rings. The van der Waals surface area contributed by atoms with Crippen LogP contribution in [0.5, 0.6) is 5.75 Å². The maximum absolute atomic E-state index is 13.6. The van der Waals surface area contributed by atoms with E-state index < -0.39 is 0 Å². The number of carbonyl (C=O) groups is 1. The molecule has 2 saturated heterocycles. The number of methoxy groups -OCH3 is 1. The lowest BCUT2D eigenvalue weighted by Crippen LogP contribution is -2.61. The Morgan fingerprint density at radius 2 is 1.97 bits per heavy atom. The second-order valence-corrected chi connectivity index (χ2v) is 10.4. The summed E-state index contributed by atoms with van der Waals surface area (Å²) in [4.78, 5) is 31.5. The molecule has 0 unspecified atom stereocenters. The number of nitrogens with one attached hydrogen (secondary N) is 1. The van der Waals surface area contributed by atoms with Crippen LogP contribution in [0.15, 0.2) is 36.4 Å². The molecular weight excluding hydrogens is 510 g/mol. The van der Waals surface area contributed by atoms with Crippen LogP contribution in [0.4, 0.5) is 17.1 Å². The number of piperazine rings is 1. The fourth-order valence-corrected chi connectivity index (χ4v) is 5.99. The van der Waals surface area contributed by atoms with Crippen molar-refractivity contribution in [2.75, 3.05) is 75.9 Å². The van der Waals surface area contributed by atoms with E-state index in [1.807, 2.05) is 18.2 Å². The lowest BCUT2D eigenvalue weighted by molar-refractivity contribution is -0.384. The molecule has 0 aliphatic carbocycles. The first-order valence-electron chi connectivity index (χ1n) is 13.1. The lowest BCUT2D eigenvalue weighted by atomic mass is 9.83. The standard InChI is InChI=1S/C27H34ClN5O5/c1-37-26-6-3-20(28)17-24(26)31-9-10-32-23-5-4-21(33(35)36)15-19(23)16-22(25(32)18-31)27(34)29-7-2-8-30-11-13-38-14-12-30/h3-6,15,17,22,25H,2,7-14,16,18H2,1H3,(H,29,34)/t22-,25-/m1/s1. The average Bonchev–Trinajstić information content (AvgIpc) is 2.94. The molecule has 5 rings (SSSR count). The maximum atomic E-state index is 13.6. The van der Waals surface area contributed by atoms with Gasteiger partial charge in [0.25, 0.3) is 5.69 Å². The van der Waals surface area contributed by atoms with Gasteiger partial charge in [-0.15, -0.1) is 0 Å². The molecule has 2 atom stereocenters. The molecule has 1 N–H and O–H groups in total. The predicted molar refractivity (Wildman–Crippen MR) is 147 cm³/mol. The fraction of sp³-hybridized carbons (Fsp3) is 0.519. The quantitative estimate of drug-likeness (QED) is 0.308. The van der Waals surface area contributed by atoms with Crippen LogP contribution < -0.4 is 19.9 Å². The summed E-state index contributed by atoms with van der Waals surface area (Å²) >= 11 is 6.32. The number of benzene rings is 2. The third-order valence-electron chi connectivity index (χ3n) is 7.78. The van der Waals surface area contributed by atoms with Crippen molar-refractivity contribution in [2.45, 2.75) is 18.9 Å². The molecule has 1 amide bonds. The molecular formula is C27H34ClN5O5. The normalized spacial score (nSPS) is 21.4. The van der Waals surface area contributed by atoms with E-state index in [-0.39, 0.29) is 28.5 Å². The molecule has 2 aromatic rings. The van der Waals surface area contributed by atoms with Crippen LogP contribution in [-0.4, -0.2) is 87.9 Å². The van der Waals surface area contributed by atoms with Crippen molar-refractivity contribution in [1.82, 2.24) is 10.2 Å². The highest BCUT2D eigenvalue weighted by Gasteiger charge is 2.42. The first-order chi connectivity index (χ1) is 18.4. The number of nitro groups is 1. The zero-order valence-corrected chi connectivity index (χ0v) is 22.4. The number of anilines is 2. The molecule has 10 nitrogen and oxygen atoms in total. The summed E-state index contributed by atoms with van der Waals surface area (Å²) in [5.41, 5.74) is 2.76. The number of nitrogens with zero attached hydrogens (tertiary/aromatic N) is 4. The highest BCUT2D eigenvalue weighted by molar-refractivity contribution is 6.31. The van der Waals surface area contributed by atoms with Gasteiger partial charge in [0.1, 0.15) is 5.75 Å². The van der Waals surface area contributed by atoms with Crippen LogP contribution >= 0.6 is 11.6 Å². The summed E-state index contributed by atoms with van der Waals surface area (Å²) in [7, 11) is 1.64. The minimum absolute atomic E-state index is 0.0148. The summed E-state index contributed by atoms with van der Waals surface area (Å²) in [5.74, 6) is 0.374. The van der Waals surface area contributed by atoms with Crippen molar-refractivity contribution in [1.29, 1.82) is 0 Å². The Labute approximate surface area is 227 Å². The van der Waals surface area contributed by atoms with Crippen molar-refractivity contribution >= 4 is 34.6 Å². The van der Waals surface area contributed by atoms with Crippen molar-refractivity contribution in [3.63, 3.8) is 0 Å². The summed E-state index contributed by atoms with van der Waals surface area (Å²) in [5, 5.41) is 15.2. The second kappa shape index (κ2) is 11.8. The van der Waals surface area contributed by atoms with Gasteiger partial charge in [-0.2, -0.15) is 0 Å². The van der Waals surface area contributed by atoms with Crippen LogP contribution in [0.3, 0.4) is 0 Å². The summed E-state index contributed by atoms with van der Waals surface area (Å²) < 4.78 is 11.0. The molecule has 0 saturated carbocycles. The molecule has 11 heteroatoms. The Bertz CT molecular complexity index is 1170. The smallest absolute Gasteiger partial charge is 0.269 e. The molecule has 0 bridgehead atoms. The molecule has 3 aliphatic rings. The van der Waals surface area contributed by atoms with Gasteiger partial charge in [-0.3, -0.25) is 19.8 Å². The van der Waals surface area contributed by atoms with Gasteiger partial charge < -0.3 is 24.6 Å². The molecule has 2 aromatic carbocycles. The Balaban J connectivity index is 1.35. The van der Waals surface area contributed by atoms with E-state index in [2.05, 4.69) is 20.0 Å². The van der Waals surface area contributed by atoms with Crippen LogP contribution in [0.25, 0.3) is 0 Å². The Hall–Kier alpha value is -3.08. The summed E-state index contributed by atoms with van der Waals surface area (Å²) in [6.45, 7) is 6.85. The maximum Gasteiger partial charge on any atom is 0.269 e. The number of halogens is 1. The van der Waals surface area contributed by atoms with Gasteiger partial charge in [-0.05, 0) is 49.2 Å². The van der Waals surface area contributed by atoms with Crippen molar-refractivity contribution in [3.8, 4) is 5.75 Å². The monoisotopic (exact) mass is 543 g/mol. The van der Waals surface area contributed by atoms with E-state index in [1.54, 1.807) is 25.3 Å². The molecule has 38 heavy (non-hydrogen) atoms. The van der Waals surface area contributed by atoms with E-state index >= 15 is 0 Å². The van der Waals surface area contributed by atoms with Gasteiger partial charge in [-0.25, -0.2) is 0 Å². The van der Waals surface area contributed by atoms with E-state index in [0.717, 1.165) is 62.0 Å². The van der Waals surface area contributed by atoms with Gasteiger partial charge in [0.15, 0.2) is 0 Å². The Kier molecular flexibility index (Phi) is 8.21. The molecule has 3 aliphatic heterocycles. The van der Waals surface area contributed by atoms with E-state index in [0.29, 0.717) is 37.6 Å². The highest BCUT2D eigenvalue weighted by atomic mass is 35.5. The van der Waals surface area contributed by atoms with Gasteiger partial charge in [0, 0.05) is 62.1 Å². The van der Waals surface area contributed by atoms with E-state index in [4.69, 9.17) is 21.1 Å². The number of morpholine rings is 1. The summed E-state index contributed by atoms with van der Waals surface area (Å²) in [6.07, 6.45) is 1.31. The molecule has 204 valence electrons. The third-order valence-corrected chi connectivity index (χ3v) is 8.01. The average molecular weight is 544 g/mol. The van der Waals surface area contributed by atoms with Gasteiger partial charge in [-0.1, -0.05) is 11.6 Å². The largest absolute Gasteiger partial charge is 0.495 e. The number of amides is 1. The number of ether oxygens (including phenoxy) is 2. The zero-order chi connectivity index (χ0) is 26.6. The highest BCUT2D eigenvalue weighted by Crippen LogP contribution is 2.40. The molecule has 0 aromatic heterocycles. The Morgan fingerprint density at radius 3 is 2.74 bits per heavy atom. The summed E-state index contributed by atoms with van der Waals surface area (Å²) in [6, 6.07) is 10.5. The molecule has 0 radical (unpaired) electrons. The molecule has 3 heterocycles. The number of non-ortho nitro benzene ring substituents is 1. The first kappa shape index (κ1) is 26.5. The lowest BCUT2D eigenvalue weighted by Gasteiger charge is -2.49. The number of nitro benzene ring substituents is 1. The topological polar surface area (TPSA) is 100 Å². The van der Waals surface area contributed by atoms with Crippen LogP contribution in [-0.2, 0) is 16.0 Å². The van der Waals surface area contributed by atoms with Crippen LogP contribution in [0.2, 0.25) is 5.02 Å². The number of hydrogen-bond acceptors (Lipinski definition) is 8. The van der Waals surface area contributed by atoms with Crippen LogP contribution in [0.1, 0.15) is 12.0 Å². The van der Waals surface area contributed by atoms with Gasteiger partial charge in [0.05, 0.1) is 42.9 Å². The van der Waals surface area contributed by atoms with Gasteiger partial charge >= 0.3 is 0 Å².